The summed E-state index contributed by atoms with van der Waals surface area (Å²) in [6.45, 7) is 9.42. The van der Waals surface area contributed by atoms with E-state index in [1.807, 2.05) is 25.7 Å². The van der Waals surface area contributed by atoms with Crippen LogP contribution in [0, 0.1) is 11.3 Å². The normalized spacial score (nSPS) is 18.1. The second-order valence-corrected chi connectivity index (χ2v) is 10.5. The first kappa shape index (κ1) is 24.6. The van der Waals surface area contributed by atoms with Crippen molar-refractivity contribution in [3.8, 4) is 0 Å². The molecule has 3 rings (SSSR count). The summed E-state index contributed by atoms with van der Waals surface area (Å²) in [6, 6.07) is 1.71. The van der Waals surface area contributed by atoms with E-state index >= 15 is 0 Å². The van der Waals surface area contributed by atoms with Crippen LogP contribution in [0.4, 0.5) is 5.82 Å². The minimum atomic E-state index is -0.397. The molecule has 0 aliphatic carbocycles. The zero-order valence-corrected chi connectivity index (χ0v) is 20.4. The number of carbonyl (C=O) groups is 3. The molecule has 3 amide bonds. The fraction of sp³-hybridized carbons (Fsp3) is 0.667. The van der Waals surface area contributed by atoms with Crippen LogP contribution in [0.1, 0.15) is 33.6 Å². The molecule has 0 bridgehead atoms. The highest BCUT2D eigenvalue weighted by Gasteiger charge is 2.30. The number of thioether (sulfide) groups is 1. The Morgan fingerprint density at radius 2 is 1.69 bits per heavy atom. The zero-order valence-electron chi connectivity index (χ0n) is 18.8. The standard InChI is InChI=1S/C21H31ClN6O3S/c1-21(2,3)19(31)28-10-8-26(9-11-28)16-12-15(22)24-20(25-16)32-13-17(29)27-6-4-14(5-7-27)18(23)30/h12,14H,4-11,13H2,1-3H3,(H2,23,30). The molecule has 2 saturated heterocycles. The van der Waals surface area contributed by atoms with Crippen LogP contribution >= 0.6 is 23.4 Å². The smallest absolute Gasteiger partial charge is 0.233 e. The van der Waals surface area contributed by atoms with Crippen LogP contribution in [0.5, 0.6) is 0 Å². The molecule has 0 unspecified atom stereocenters. The highest BCUT2D eigenvalue weighted by Crippen LogP contribution is 2.25. The van der Waals surface area contributed by atoms with Crippen molar-refractivity contribution < 1.29 is 14.4 Å². The van der Waals surface area contributed by atoms with Crippen LogP contribution < -0.4 is 10.6 Å². The third-order valence-electron chi connectivity index (χ3n) is 5.77. The maximum absolute atomic E-state index is 12.6. The minimum Gasteiger partial charge on any atom is -0.369 e. The summed E-state index contributed by atoms with van der Waals surface area (Å²) >= 11 is 7.47. The van der Waals surface area contributed by atoms with E-state index in [1.54, 1.807) is 11.0 Å². The lowest BCUT2D eigenvalue weighted by Crippen LogP contribution is -2.51. The van der Waals surface area contributed by atoms with Crippen molar-refractivity contribution in [2.24, 2.45) is 17.1 Å². The summed E-state index contributed by atoms with van der Waals surface area (Å²) in [5, 5.41) is 0.765. The van der Waals surface area contributed by atoms with Gasteiger partial charge in [-0.1, -0.05) is 44.1 Å². The molecule has 0 radical (unpaired) electrons. The number of likely N-dealkylation sites (tertiary alicyclic amines) is 1. The first-order chi connectivity index (χ1) is 15.0. The largest absolute Gasteiger partial charge is 0.369 e. The van der Waals surface area contributed by atoms with Crippen molar-refractivity contribution in [1.29, 1.82) is 0 Å². The Morgan fingerprint density at radius 3 is 2.25 bits per heavy atom. The van der Waals surface area contributed by atoms with E-state index in [2.05, 4.69) is 14.9 Å². The average molecular weight is 483 g/mol. The van der Waals surface area contributed by atoms with Gasteiger partial charge in [-0.2, -0.15) is 0 Å². The zero-order chi connectivity index (χ0) is 23.5. The van der Waals surface area contributed by atoms with Gasteiger partial charge in [-0.3, -0.25) is 14.4 Å². The van der Waals surface area contributed by atoms with Gasteiger partial charge in [-0.25, -0.2) is 9.97 Å². The van der Waals surface area contributed by atoms with Gasteiger partial charge >= 0.3 is 0 Å². The van der Waals surface area contributed by atoms with Crippen LogP contribution in [0.15, 0.2) is 11.2 Å². The van der Waals surface area contributed by atoms with Gasteiger partial charge in [0, 0.05) is 56.7 Å². The predicted octanol–water partition coefficient (Wildman–Crippen LogP) is 1.64. The van der Waals surface area contributed by atoms with Gasteiger partial charge in [0.2, 0.25) is 17.7 Å². The molecule has 2 fully saturated rings. The van der Waals surface area contributed by atoms with E-state index in [4.69, 9.17) is 17.3 Å². The minimum absolute atomic E-state index is 0.0163. The van der Waals surface area contributed by atoms with Gasteiger partial charge in [-0.05, 0) is 12.8 Å². The number of primary amides is 1. The van der Waals surface area contributed by atoms with Gasteiger partial charge in [0.15, 0.2) is 5.16 Å². The molecule has 32 heavy (non-hydrogen) atoms. The Labute approximate surface area is 198 Å². The Hall–Kier alpha value is -2.07. The number of hydrogen-bond acceptors (Lipinski definition) is 7. The van der Waals surface area contributed by atoms with Gasteiger partial charge in [0.1, 0.15) is 11.0 Å². The van der Waals surface area contributed by atoms with Gasteiger partial charge in [-0.15, -0.1) is 0 Å². The Morgan fingerprint density at radius 1 is 1.06 bits per heavy atom. The van der Waals surface area contributed by atoms with Crippen molar-refractivity contribution in [1.82, 2.24) is 19.8 Å². The van der Waals surface area contributed by atoms with E-state index in [0.29, 0.717) is 68.2 Å². The summed E-state index contributed by atoms with van der Waals surface area (Å²) in [7, 11) is 0. The number of rotatable bonds is 5. The Balaban J connectivity index is 1.54. The molecule has 2 aliphatic heterocycles. The number of nitrogens with zero attached hydrogens (tertiary/aromatic N) is 5. The number of piperidine rings is 1. The predicted molar refractivity (Wildman–Crippen MR) is 125 cm³/mol. The maximum atomic E-state index is 12.6. The second-order valence-electron chi connectivity index (χ2n) is 9.21. The summed E-state index contributed by atoms with van der Waals surface area (Å²) in [5.41, 5.74) is 4.96. The van der Waals surface area contributed by atoms with Gasteiger partial charge in [0.05, 0.1) is 5.75 Å². The highest BCUT2D eigenvalue weighted by molar-refractivity contribution is 7.99. The SMILES string of the molecule is CC(C)(C)C(=O)N1CCN(c2cc(Cl)nc(SCC(=O)N3CCC(C(N)=O)CC3)n2)CC1. The molecule has 0 atom stereocenters. The van der Waals surface area contributed by atoms with Gasteiger partial charge in [0.25, 0.3) is 0 Å². The third-order valence-corrected chi connectivity index (χ3v) is 6.79. The second kappa shape index (κ2) is 10.2. The van der Waals surface area contributed by atoms with Crippen LogP contribution in [0.25, 0.3) is 0 Å². The lowest BCUT2D eigenvalue weighted by atomic mass is 9.94. The van der Waals surface area contributed by atoms with E-state index in [1.165, 1.54) is 11.8 Å². The van der Waals surface area contributed by atoms with Crippen molar-refractivity contribution in [2.45, 2.75) is 38.8 Å². The number of nitrogens with two attached hydrogens (primary N) is 1. The first-order valence-electron chi connectivity index (χ1n) is 10.8. The van der Waals surface area contributed by atoms with Gasteiger partial charge < -0.3 is 20.4 Å². The number of hydrogen-bond donors (Lipinski definition) is 1. The quantitative estimate of drug-likeness (QED) is 0.385. The molecule has 1 aromatic rings. The van der Waals surface area contributed by atoms with Crippen LogP contribution in [-0.4, -0.2) is 82.5 Å². The van der Waals surface area contributed by atoms with E-state index < -0.39 is 5.41 Å². The number of aromatic nitrogens is 2. The van der Waals surface area contributed by atoms with Crippen LogP contribution in [0.3, 0.4) is 0 Å². The molecule has 0 saturated carbocycles. The lowest BCUT2D eigenvalue weighted by Gasteiger charge is -2.38. The number of anilines is 1. The summed E-state index contributed by atoms with van der Waals surface area (Å²) in [6.07, 6.45) is 1.21. The third kappa shape index (κ3) is 6.25. The van der Waals surface area contributed by atoms with Crippen LogP contribution in [0.2, 0.25) is 5.15 Å². The monoisotopic (exact) mass is 482 g/mol. The topological polar surface area (TPSA) is 113 Å². The molecule has 176 valence electrons. The lowest BCUT2D eigenvalue weighted by molar-refractivity contribution is -0.139. The van der Waals surface area contributed by atoms with E-state index in [0.717, 1.165) is 0 Å². The Bertz CT molecular complexity index is 862. The maximum Gasteiger partial charge on any atom is 0.233 e. The molecule has 0 spiro atoms. The summed E-state index contributed by atoms with van der Waals surface area (Å²) in [4.78, 5) is 50.9. The van der Waals surface area contributed by atoms with E-state index in [9.17, 15) is 14.4 Å². The summed E-state index contributed by atoms with van der Waals surface area (Å²) in [5.74, 6) is 0.587. The number of carbonyl (C=O) groups excluding carboxylic acids is 3. The number of amides is 3. The number of piperazine rings is 1. The molecule has 3 heterocycles. The van der Waals surface area contributed by atoms with Crippen molar-refractivity contribution in [3.05, 3.63) is 11.2 Å². The Kier molecular flexibility index (Phi) is 7.87. The fourth-order valence-electron chi connectivity index (χ4n) is 3.86. The molecule has 9 nitrogen and oxygen atoms in total. The average Bonchev–Trinajstić information content (AvgIpc) is 2.76. The first-order valence-corrected chi connectivity index (χ1v) is 12.2. The van der Waals surface area contributed by atoms with Crippen molar-refractivity contribution >= 4 is 46.9 Å². The molecular formula is C21H31ClN6O3S. The molecule has 11 heteroatoms. The number of halogens is 1. The molecule has 0 aromatic carbocycles. The van der Waals surface area contributed by atoms with Crippen LogP contribution in [-0.2, 0) is 14.4 Å². The molecule has 2 N–H and O–H groups in total. The molecular weight excluding hydrogens is 452 g/mol. The highest BCUT2D eigenvalue weighted by atomic mass is 35.5. The molecule has 1 aromatic heterocycles. The van der Waals surface area contributed by atoms with E-state index in [-0.39, 0.29) is 29.4 Å². The van der Waals surface area contributed by atoms with Crippen molar-refractivity contribution in [3.63, 3.8) is 0 Å². The molecule has 2 aliphatic rings. The van der Waals surface area contributed by atoms with Crippen molar-refractivity contribution in [2.75, 3.05) is 49.9 Å². The fourth-order valence-corrected chi connectivity index (χ4v) is 4.84. The summed E-state index contributed by atoms with van der Waals surface area (Å²) < 4.78 is 0.